The van der Waals surface area contributed by atoms with Gasteiger partial charge in [-0.25, -0.2) is 0 Å². The van der Waals surface area contributed by atoms with Gasteiger partial charge < -0.3 is 15.0 Å². The van der Waals surface area contributed by atoms with Crippen LogP contribution >= 0.6 is 11.3 Å². The van der Waals surface area contributed by atoms with Gasteiger partial charge in [0.2, 0.25) is 0 Å². The third-order valence-corrected chi connectivity index (χ3v) is 4.79. The first-order valence-corrected chi connectivity index (χ1v) is 9.39. The van der Waals surface area contributed by atoms with Gasteiger partial charge in [-0.1, -0.05) is 24.3 Å². The fourth-order valence-electron chi connectivity index (χ4n) is 2.44. The molecule has 0 saturated heterocycles. The van der Waals surface area contributed by atoms with Crippen LogP contribution in [0.15, 0.2) is 72.1 Å². The Morgan fingerprint density at radius 2 is 1.74 bits per heavy atom. The average Bonchev–Trinajstić information content (AvgIpc) is 3.24. The van der Waals surface area contributed by atoms with Crippen molar-refractivity contribution in [1.82, 2.24) is 4.90 Å². The number of amides is 2. The maximum Gasteiger partial charge on any atom is 0.265 e. The van der Waals surface area contributed by atoms with E-state index < -0.39 is 0 Å². The molecular formula is C21H20N2O3S. The second-order valence-electron chi connectivity index (χ2n) is 5.90. The summed E-state index contributed by atoms with van der Waals surface area (Å²) >= 11 is 1.38. The van der Waals surface area contributed by atoms with E-state index in [0.29, 0.717) is 29.3 Å². The van der Waals surface area contributed by atoms with Crippen LogP contribution in [0.3, 0.4) is 0 Å². The number of benzene rings is 2. The fourth-order valence-corrected chi connectivity index (χ4v) is 3.05. The lowest BCUT2D eigenvalue weighted by Crippen LogP contribution is -2.30. The van der Waals surface area contributed by atoms with E-state index in [0.717, 1.165) is 5.75 Å². The Morgan fingerprint density at radius 1 is 1.00 bits per heavy atom. The number of hydrogen-bond acceptors (Lipinski definition) is 4. The van der Waals surface area contributed by atoms with Crippen molar-refractivity contribution in [3.05, 3.63) is 82.6 Å². The summed E-state index contributed by atoms with van der Waals surface area (Å²) in [6.07, 6.45) is 0. The minimum Gasteiger partial charge on any atom is -0.492 e. The lowest BCUT2D eigenvalue weighted by molar-refractivity contribution is 0.0773. The van der Waals surface area contributed by atoms with E-state index in [9.17, 15) is 9.59 Å². The zero-order chi connectivity index (χ0) is 19.1. The molecule has 0 spiro atoms. The van der Waals surface area contributed by atoms with Gasteiger partial charge in [0, 0.05) is 18.3 Å². The normalized spacial score (nSPS) is 10.3. The number of para-hydroxylation sites is 1. The molecule has 3 rings (SSSR count). The predicted octanol–water partition coefficient (Wildman–Crippen LogP) is 4.15. The molecule has 0 fully saturated rings. The first-order chi connectivity index (χ1) is 13.1. The number of thiophene rings is 1. The van der Waals surface area contributed by atoms with E-state index in [1.807, 2.05) is 41.8 Å². The number of hydrogen-bond donors (Lipinski definition) is 1. The van der Waals surface area contributed by atoms with Crippen molar-refractivity contribution in [2.75, 3.05) is 25.5 Å². The lowest BCUT2D eigenvalue weighted by atomic mass is 10.2. The molecular weight excluding hydrogens is 360 g/mol. The summed E-state index contributed by atoms with van der Waals surface area (Å²) in [6, 6.07) is 20.0. The highest BCUT2D eigenvalue weighted by Crippen LogP contribution is 2.15. The van der Waals surface area contributed by atoms with Crippen LogP contribution in [0.5, 0.6) is 5.75 Å². The molecule has 2 amide bonds. The number of ether oxygens (including phenoxy) is 1. The lowest BCUT2D eigenvalue weighted by Gasteiger charge is -2.17. The summed E-state index contributed by atoms with van der Waals surface area (Å²) in [4.78, 5) is 26.8. The molecule has 0 aliphatic rings. The fraction of sp³-hybridized carbons (Fsp3) is 0.143. The Hall–Kier alpha value is -3.12. The zero-order valence-electron chi connectivity index (χ0n) is 14.9. The molecule has 0 radical (unpaired) electrons. The van der Waals surface area contributed by atoms with Crippen LogP contribution in [0.25, 0.3) is 0 Å². The zero-order valence-corrected chi connectivity index (χ0v) is 15.7. The van der Waals surface area contributed by atoms with E-state index in [1.54, 1.807) is 42.3 Å². The summed E-state index contributed by atoms with van der Waals surface area (Å²) < 4.78 is 5.62. The standard InChI is InChI=1S/C21H20N2O3S/c1-23(13-14-26-18-6-3-2-4-7-18)21(25)16-9-11-17(12-10-16)22-20(24)19-8-5-15-27-19/h2-12,15H,13-14H2,1H3,(H,22,24). The molecule has 0 unspecified atom stereocenters. The molecule has 27 heavy (non-hydrogen) atoms. The van der Waals surface area contributed by atoms with Crippen molar-refractivity contribution >= 4 is 28.8 Å². The van der Waals surface area contributed by atoms with Crippen molar-refractivity contribution < 1.29 is 14.3 Å². The second-order valence-corrected chi connectivity index (χ2v) is 6.84. The van der Waals surface area contributed by atoms with E-state index in [1.165, 1.54) is 11.3 Å². The minimum absolute atomic E-state index is 0.0946. The molecule has 0 bridgehead atoms. The monoisotopic (exact) mass is 380 g/mol. The van der Waals surface area contributed by atoms with E-state index in [4.69, 9.17) is 4.74 Å². The molecule has 0 aliphatic carbocycles. The van der Waals surface area contributed by atoms with Crippen LogP contribution in [-0.2, 0) is 0 Å². The Bertz CT molecular complexity index is 878. The number of carbonyl (C=O) groups excluding carboxylic acids is 2. The average molecular weight is 380 g/mol. The number of anilines is 1. The van der Waals surface area contributed by atoms with Crippen LogP contribution in [-0.4, -0.2) is 36.9 Å². The summed E-state index contributed by atoms with van der Waals surface area (Å²) in [6.45, 7) is 0.895. The highest BCUT2D eigenvalue weighted by Gasteiger charge is 2.12. The van der Waals surface area contributed by atoms with Crippen molar-refractivity contribution in [1.29, 1.82) is 0 Å². The molecule has 1 aromatic heterocycles. The number of nitrogens with one attached hydrogen (secondary N) is 1. The summed E-state index contributed by atoms with van der Waals surface area (Å²) in [5.41, 5.74) is 1.21. The van der Waals surface area contributed by atoms with Gasteiger partial charge in [0.1, 0.15) is 12.4 Å². The highest BCUT2D eigenvalue weighted by atomic mass is 32.1. The first kappa shape index (κ1) is 18.7. The molecule has 2 aromatic carbocycles. The van der Waals surface area contributed by atoms with Crippen LogP contribution in [0, 0.1) is 0 Å². The van der Waals surface area contributed by atoms with Gasteiger partial charge in [0.15, 0.2) is 0 Å². The minimum atomic E-state index is -0.153. The van der Waals surface area contributed by atoms with Crippen LogP contribution in [0.4, 0.5) is 5.69 Å². The molecule has 0 aliphatic heterocycles. The van der Waals surface area contributed by atoms with Gasteiger partial charge in [-0.3, -0.25) is 9.59 Å². The molecule has 1 heterocycles. The molecule has 0 atom stereocenters. The van der Waals surface area contributed by atoms with Gasteiger partial charge in [0.25, 0.3) is 11.8 Å². The first-order valence-electron chi connectivity index (χ1n) is 8.52. The number of likely N-dealkylation sites (N-methyl/N-ethyl adjacent to an activating group) is 1. The van der Waals surface area contributed by atoms with Crippen molar-refractivity contribution in [3.8, 4) is 5.75 Å². The number of nitrogens with zero attached hydrogens (tertiary/aromatic N) is 1. The van der Waals surface area contributed by atoms with Gasteiger partial charge in [-0.2, -0.15) is 0 Å². The Labute approximate surface area is 162 Å². The van der Waals surface area contributed by atoms with Crippen LogP contribution in [0.2, 0.25) is 0 Å². The Balaban J connectivity index is 1.51. The van der Waals surface area contributed by atoms with Crippen LogP contribution < -0.4 is 10.1 Å². The predicted molar refractivity (Wildman–Crippen MR) is 108 cm³/mol. The summed E-state index contributed by atoms with van der Waals surface area (Å²) in [5.74, 6) is 0.534. The third-order valence-electron chi connectivity index (χ3n) is 3.92. The number of carbonyl (C=O) groups is 2. The van der Waals surface area contributed by atoms with Gasteiger partial charge >= 0.3 is 0 Å². The van der Waals surface area contributed by atoms with Gasteiger partial charge in [0.05, 0.1) is 11.4 Å². The highest BCUT2D eigenvalue weighted by molar-refractivity contribution is 7.12. The molecule has 0 saturated carbocycles. The summed E-state index contributed by atoms with van der Waals surface area (Å²) in [7, 11) is 1.74. The molecule has 1 N–H and O–H groups in total. The number of rotatable bonds is 7. The molecule has 138 valence electrons. The third kappa shape index (κ3) is 5.18. The second kappa shape index (κ2) is 9.00. The molecule has 6 heteroatoms. The smallest absolute Gasteiger partial charge is 0.265 e. The Kier molecular flexibility index (Phi) is 6.22. The maximum atomic E-state index is 12.5. The Morgan fingerprint density at radius 3 is 2.41 bits per heavy atom. The largest absolute Gasteiger partial charge is 0.492 e. The van der Waals surface area contributed by atoms with Crippen molar-refractivity contribution in [2.45, 2.75) is 0 Å². The van der Waals surface area contributed by atoms with Gasteiger partial charge in [-0.15, -0.1) is 11.3 Å². The molecule has 5 nitrogen and oxygen atoms in total. The maximum absolute atomic E-state index is 12.5. The van der Waals surface area contributed by atoms with E-state index in [2.05, 4.69) is 5.32 Å². The summed E-state index contributed by atoms with van der Waals surface area (Å²) in [5, 5.41) is 4.67. The van der Waals surface area contributed by atoms with Gasteiger partial charge in [-0.05, 0) is 47.8 Å². The van der Waals surface area contributed by atoms with E-state index in [-0.39, 0.29) is 11.8 Å². The SMILES string of the molecule is CN(CCOc1ccccc1)C(=O)c1ccc(NC(=O)c2cccs2)cc1. The molecule has 3 aromatic rings. The van der Waals surface area contributed by atoms with Crippen LogP contribution in [0.1, 0.15) is 20.0 Å². The van der Waals surface area contributed by atoms with Crippen molar-refractivity contribution in [3.63, 3.8) is 0 Å². The quantitative estimate of drug-likeness (QED) is 0.670. The van der Waals surface area contributed by atoms with Crippen molar-refractivity contribution in [2.24, 2.45) is 0 Å². The van der Waals surface area contributed by atoms with E-state index >= 15 is 0 Å². The topological polar surface area (TPSA) is 58.6 Å².